The van der Waals surface area contributed by atoms with Crippen LogP contribution < -0.4 is 10.5 Å². The van der Waals surface area contributed by atoms with E-state index in [-0.39, 0.29) is 24.6 Å². The summed E-state index contributed by atoms with van der Waals surface area (Å²) in [4.78, 5) is 13.5. The highest BCUT2D eigenvalue weighted by Gasteiger charge is 2.14. The first-order valence-corrected chi connectivity index (χ1v) is 6.16. The Labute approximate surface area is 109 Å². The van der Waals surface area contributed by atoms with Gasteiger partial charge in [0.1, 0.15) is 5.75 Å². The number of carbonyl (C=O) groups excluding carboxylic acids is 1. The number of nitrogens with zero attached hydrogens (tertiary/aromatic N) is 1. The second-order valence-corrected chi connectivity index (χ2v) is 4.71. The molecule has 0 aliphatic heterocycles. The number of benzene rings is 1. The van der Waals surface area contributed by atoms with Crippen molar-refractivity contribution in [3.8, 4) is 5.75 Å². The van der Waals surface area contributed by atoms with Crippen LogP contribution in [0.3, 0.4) is 0 Å². The number of nitrogens with two attached hydrogens (primary N) is 1. The van der Waals surface area contributed by atoms with Crippen molar-refractivity contribution in [3.05, 3.63) is 29.8 Å². The lowest BCUT2D eigenvalue weighted by atomic mass is 10.1. The highest BCUT2D eigenvalue weighted by molar-refractivity contribution is 5.77. The Morgan fingerprint density at radius 2 is 1.94 bits per heavy atom. The zero-order valence-electron chi connectivity index (χ0n) is 11.5. The quantitative estimate of drug-likeness (QED) is 0.869. The smallest absolute Gasteiger partial charge is 0.260 e. The Hall–Kier alpha value is -1.55. The van der Waals surface area contributed by atoms with Gasteiger partial charge in [-0.2, -0.15) is 0 Å². The fourth-order valence-electron chi connectivity index (χ4n) is 1.52. The summed E-state index contributed by atoms with van der Waals surface area (Å²) in [5.74, 6) is 0.641. The molecule has 4 heteroatoms. The minimum absolute atomic E-state index is 0.0375. The Morgan fingerprint density at radius 3 is 2.50 bits per heavy atom. The van der Waals surface area contributed by atoms with Crippen LogP contribution in [0.2, 0.25) is 0 Å². The minimum Gasteiger partial charge on any atom is -0.483 e. The van der Waals surface area contributed by atoms with Crippen LogP contribution in [-0.2, 0) is 4.79 Å². The number of amides is 1. The molecular formula is C14H22N2O2. The monoisotopic (exact) mass is 250 g/mol. The summed E-state index contributed by atoms with van der Waals surface area (Å²) in [6.45, 7) is 5.87. The van der Waals surface area contributed by atoms with Crippen molar-refractivity contribution in [3.63, 3.8) is 0 Å². The van der Waals surface area contributed by atoms with E-state index in [1.807, 2.05) is 45.0 Å². The number of rotatable bonds is 5. The number of ether oxygens (including phenoxy) is 1. The van der Waals surface area contributed by atoms with Gasteiger partial charge in [-0.3, -0.25) is 4.79 Å². The molecule has 4 nitrogen and oxygen atoms in total. The Bertz CT molecular complexity index is 403. The van der Waals surface area contributed by atoms with Gasteiger partial charge in [0.2, 0.25) is 0 Å². The first kappa shape index (κ1) is 14.5. The molecule has 0 bridgehead atoms. The van der Waals surface area contributed by atoms with E-state index in [0.29, 0.717) is 5.75 Å². The van der Waals surface area contributed by atoms with Gasteiger partial charge < -0.3 is 15.4 Å². The van der Waals surface area contributed by atoms with Gasteiger partial charge in [0.15, 0.2) is 6.61 Å². The molecule has 0 aromatic heterocycles. The number of para-hydroxylation sites is 1. The van der Waals surface area contributed by atoms with E-state index in [4.69, 9.17) is 10.5 Å². The van der Waals surface area contributed by atoms with E-state index in [2.05, 4.69) is 0 Å². The molecule has 0 unspecified atom stereocenters. The van der Waals surface area contributed by atoms with Crippen molar-refractivity contribution in [1.29, 1.82) is 0 Å². The average Bonchev–Trinajstić information content (AvgIpc) is 2.35. The third-order valence-electron chi connectivity index (χ3n) is 2.93. The third-order valence-corrected chi connectivity index (χ3v) is 2.93. The standard InChI is InChI=1S/C14H22N2O2/c1-10(2)16(4)14(17)9-18-13-8-6-5-7-12(13)11(3)15/h5-8,10-11H,9,15H2,1-4H3/t11-/m1/s1. The van der Waals surface area contributed by atoms with Crippen molar-refractivity contribution in [2.75, 3.05) is 13.7 Å². The SMILES string of the molecule is CC(C)N(C)C(=O)COc1ccccc1[C@@H](C)N. The van der Waals surface area contributed by atoms with Gasteiger partial charge in [0.05, 0.1) is 0 Å². The predicted octanol–water partition coefficient (Wildman–Crippen LogP) is 1.95. The van der Waals surface area contributed by atoms with Gasteiger partial charge in [-0.25, -0.2) is 0 Å². The van der Waals surface area contributed by atoms with Crippen LogP contribution in [0.4, 0.5) is 0 Å². The summed E-state index contributed by atoms with van der Waals surface area (Å²) in [6, 6.07) is 7.59. The lowest BCUT2D eigenvalue weighted by molar-refractivity contribution is -0.133. The van der Waals surface area contributed by atoms with Crippen LogP contribution in [0.15, 0.2) is 24.3 Å². The Balaban J connectivity index is 2.67. The Morgan fingerprint density at radius 1 is 1.33 bits per heavy atom. The predicted molar refractivity (Wildman–Crippen MR) is 72.4 cm³/mol. The van der Waals surface area contributed by atoms with Gasteiger partial charge in [0, 0.05) is 24.7 Å². The number of carbonyl (C=O) groups is 1. The first-order chi connectivity index (χ1) is 8.43. The van der Waals surface area contributed by atoms with E-state index < -0.39 is 0 Å². The summed E-state index contributed by atoms with van der Waals surface area (Å²) in [6.07, 6.45) is 0. The summed E-state index contributed by atoms with van der Waals surface area (Å²) in [5, 5.41) is 0. The number of hydrogen-bond donors (Lipinski definition) is 1. The lowest BCUT2D eigenvalue weighted by Crippen LogP contribution is -2.36. The topological polar surface area (TPSA) is 55.6 Å². The zero-order chi connectivity index (χ0) is 13.7. The minimum atomic E-state index is -0.112. The maximum Gasteiger partial charge on any atom is 0.260 e. The maximum atomic E-state index is 11.8. The van der Waals surface area contributed by atoms with E-state index in [1.54, 1.807) is 11.9 Å². The summed E-state index contributed by atoms with van der Waals surface area (Å²) in [7, 11) is 1.77. The van der Waals surface area contributed by atoms with Crippen LogP contribution in [0.25, 0.3) is 0 Å². The molecular weight excluding hydrogens is 228 g/mol. The average molecular weight is 250 g/mol. The highest BCUT2D eigenvalue weighted by Crippen LogP contribution is 2.23. The van der Waals surface area contributed by atoms with E-state index in [9.17, 15) is 4.79 Å². The zero-order valence-corrected chi connectivity index (χ0v) is 11.5. The van der Waals surface area contributed by atoms with Gasteiger partial charge in [-0.1, -0.05) is 18.2 Å². The molecule has 2 N–H and O–H groups in total. The summed E-state index contributed by atoms with van der Waals surface area (Å²) in [5.41, 5.74) is 6.77. The molecule has 1 aromatic rings. The molecule has 1 atom stereocenters. The van der Waals surface area contributed by atoms with Crippen molar-refractivity contribution in [1.82, 2.24) is 4.90 Å². The lowest BCUT2D eigenvalue weighted by Gasteiger charge is -2.22. The maximum absolute atomic E-state index is 11.8. The number of hydrogen-bond acceptors (Lipinski definition) is 3. The molecule has 0 saturated heterocycles. The van der Waals surface area contributed by atoms with Gasteiger partial charge in [-0.15, -0.1) is 0 Å². The summed E-state index contributed by atoms with van der Waals surface area (Å²) < 4.78 is 5.56. The molecule has 0 aliphatic rings. The molecule has 18 heavy (non-hydrogen) atoms. The van der Waals surface area contributed by atoms with Crippen molar-refractivity contribution in [2.45, 2.75) is 32.9 Å². The van der Waals surface area contributed by atoms with Crippen molar-refractivity contribution < 1.29 is 9.53 Å². The summed E-state index contributed by atoms with van der Waals surface area (Å²) >= 11 is 0. The molecule has 1 aromatic carbocycles. The molecule has 1 rings (SSSR count). The molecule has 0 heterocycles. The normalized spacial score (nSPS) is 12.3. The van der Waals surface area contributed by atoms with E-state index in [0.717, 1.165) is 5.56 Å². The van der Waals surface area contributed by atoms with Gasteiger partial charge in [0.25, 0.3) is 5.91 Å². The molecule has 0 fully saturated rings. The van der Waals surface area contributed by atoms with Gasteiger partial charge in [-0.05, 0) is 26.8 Å². The van der Waals surface area contributed by atoms with Crippen molar-refractivity contribution in [2.24, 2.45) is 5.73 Å². The molecule has 1 amide bonds. The van der Waals surface area contributed by atoms with Crippen molar-refractivity contribution >= 4 is 5.91 Å². The van der Waals surface area contributed by atoms with Gasteiger partial charge >= 0.3 is 0 Å². The largest absolute Gasteiger partial charge is 0.483 e. The third kappa shape index (κ3) is 3.74. The Kier molecular flexibility index (Phi) is 5.16. The molecule has 0 aliphatic carbocycles. The highest BCUT2D eigenvalue weighted by atomic mass is 16.5. The molecule has 0 saturated carbocycles. The van der Waals surface area contributed by atoms with Crippen LogP contribution in [0.5, 0.6) is 5.75 Å². The fourth-order valence-corrected chi connectivity index (χ4v) is 1.52. The second-order valence-electron chi connectivity index (χ2n) is 4.71. The molecule has 0 spiro atoms. The van der Waals surface area contributed by atoms with E-state index >= 15 is 0 Å². The number of likely N-dealkylation sites (N-methyl/N-ethyl adjacent to an activating group) is 1. The van der Waals surface area contributed by atoms with Crippen LogP contribution >= 0.6 is 0 Å². The van der Waals surface area contributed by atoms with Crippen LogP contribution in [-0.4, -0.2) is 30.5 Å². The molecule has 0 radical (unpaired) electrons. The fraction of sp³-hybridized carbons (Fsp3) is 0.500. The van der Waals surface area contributed by atoms with Crippen LogP contribution in [0, 0.1) is 0 Å². The first-order valence-electron chi connectivity index (χ1n) is 6.16. The second kappa shape index (κ2) is 6.40. The van der Waals surface area contributed by atoms with Crippen LogP contribution in [0.1, 0.15) is 32.4 Å². The van der Waals surface area contributed by atoms with E-state index in [1.165, 1.54) is 0 Å². The molecule has 100 valence electrons.